The summed E-state index contributed by atoms with van der Waals surface area (Å²) in [6.07, 6.45) is 0.255. The van der Waals surface area contributed by atoms with E-state index in [0.29, 0.717) is 19.5 Å². The van der Waals surface area contributed by atoms with Crippen molar-refractivity contribution in [3.05, 3.63) is 0 Å². The summed E-state index contributed by atoms with van der Waals surface area (Å²) in [7, 11) is 1.73. The Kier molecular flexibility index (Phi) is 5.55. The molecule has 1 aliphatic rings. The fourth-order valence-corrected chi connectivity index (χ4v) is 1.80. The van der Waals surface area contributed by atoms with E-state index in [4.69, 9.17) is 9.84 Å². The number of rotatable bonds is 5. The second-order valence-electron chi connectivity index (χ2n) is 4.96. The smallest absolute Gasteiger partial charge is 0.307 e. The van der Waals surface area contributed by atoms with E-state index in [1.807, 2.05) is 13.8 Å². The lowest BCUT2D eigenvalue weighted by atomic mass is 9.98. The maximum atomic E-state index is 11.7. The summed E-state index contributed by atoms with van der Waals surface area (Å²) >= 11 is 0. The SMILES string of the molecule is CC(C)N(C)C(=O)COC1CNCC(C(=O)O)C1. The van der Waals surface area contributed by atoms with Crippen molar-refractivity contribution in [1.29, 1.82) is 0 Å². The lowest BCUT2D eigenvalue weighted by Gasteiger charge is -2.28. The molecule has 1 amide bonds. The van der Waals surface area contributed by atoms with E-state index in [9.17, 15) is 9.59 Å². The molecule has 0 radical (unpaired) electrons. The first kappa shape index (κ1) is 14.9. The van der Waals surface area contributed by atoms with Gasteiger partial charge in [0.15, 0.2) is 0 Å². The highest BCUT2D eigenvalue weighted by atomic mass is 16.5. The molecular formula is C12H22N2O4. The first-order valence-corrected chi connectivity index (χ1v) is 6.22. The number of aliphatic carboxylic acids is 1. The molecule has 0 aromatic rings. The zero-order valence-electron chi connectivity index (χ0n) is 11.2. The van der Waals surface area contributed by atoms with E-state index in [2.05, 4.69) is 5.32 Å². The molecule has 6 nitrogen and oxygen atoms in total. The monoisotopic (exact) mass is 258 g/mol. The van der Waals surface area contributed by atoms with Crippen LogP contribution in [0.1, 0.15) is 20.3 Å². The summed E-state index contributed by atoms with van der Waals surface area (Å²) in [5.41, 5.74) is 0. The van der Waals surface area contributed by atoms with Crippen molar-refractivity contribution in [1.82, 2.24) is 10.2 Å². The summed E-state index contributed by atoms with van der Waals surface area (Å²) in [4.78, 5) is 24.2. The Hall–Kier alpha value is -1.14. The van der Waals surface area contributed by atoms with E-state index < -0.39 is 11.9 Å². The van der Waals surface area contributed by atoms with Crippen LogP contribution in [0.4, 0.5) is 0 Å². The van der Waals surface area contributed by atoms with Crippen LogP contribution in [0, 0.1) is 5.92 Å². The molecule has 6 heteroatoms. The average molecular weight is 258 g/mol. The molecule has 0 saturated carbocycles. The van der Waals surface area contributed by atoms with E-state index >= 15 is 0 Å². The molecule has 1 heterocycles. The van der Waals surface area contributed by atoms with Crippen LogP contribution in [-0.4, -0.2) is 60.8 Å². The molecule has 0 spiro atoms. The van der Waals surface area contributed by atoms with Crippen LogP contribution >= 0.6 is 0 Å². The Balaban J connectivity index is 2.35. The van der Waals surface area contributed by atoms with E-state index in [-0.39, 0.29) is 24.7 Å². The van der Waals surface area contributed by atoms with Gasteiger partial charge in [-0.1, -0.05) is 0 Å². The molecule has 2 atom stereocenters. The molecule has 0 aromatic carbocycles. The number of hydrogen-bond acceptors (Lipinski definition) is 4. The number of likely N-dealkylation sites (N-methyl/N-ethyl adjacent to an activating group) is 1. The molecule has 18 heavy (non-hydrogen) atoms. The number of carbonyl (C=O) groups is 2. The highest BCUT2D eigenvalue weighted by Crippen LogP contribution is 2.13. The second kappa shape index (κ2) is 6.70. The third-order valence-electron chi connectivity index (χ3n) is 3.27. The average Bonchev–Trinajstić information content (AvgIpc) is 2.35. The van der Waals surface area contributed by atoms with Gasteiger partial charge in [-0.3, -0.25) is 9.59 Å². The van der Waals surface area contributed by atoms with Crippen LogP contribution in [0.5, 0.6) is 0 Å². The van der Waals surface area contributed by atoms with Gasteiger partial charge in [-0.25, -0.2) is 0 Å². The fourth-order valence-electron chi connectivity index (χ4n) is 1.80. The Bertz CT molecular complexity index is 306. The van der Waals surface area contributed by atoms with Gasteiger partial charge in [-0.05, 0) is 20.3 Å². The minimum atomic E-state index is -0.818. The Labute approximate surface area is 107 Å². The van der Waals surface area contributed by atoms with Crippen molar-refractivity contribution in [2.24, 2.45) is 5.92 Å². The Morgan fingerprint density at radius 2 is 2.11 bits per heavy atom. The maximum Gasteiger partial charge on any atom is 0.307 e. The molecule has 0 aliphatic carbocycles. The number of carboxylic acids is 1. The third-order valence-corrected chi connectivity index (χ3v) is 3.27. The van der Waals surface area contributed by atoms with E-state index in [1.165, 1.54) is 0 Å². The maximum absolute atomic E-state index is 11.7. The molecule has 1 rings (SSSR count). The summed E-state index contributed by atoms with van der Waals surface area (Å²) in [5, 5.41) is 11.9. The summed E-state index contributed by atoms with van der Waals surface area (Å²) in [5.74, 6) is -1.33. The van der Waals surface area contributed by atoms with Gasteiger partial charge in [0.25, 0.3) is 0 Å². The molecule has 1 saturated heterocycles. The van der Waals surface area contributed by atoms with Gasteiger partial charge >= 0.3 is 5.97 Å². The zero-order chi connectivity index (χ0) is 13.7. The van der Waals surface area contributed by atoms with Crippen LogP contribution in [0.15, 0.2) is 0 Å². The molecule has 1 aliphatic heterocycles. The van der Waals surface area contributed by atoms with Gasteiger partial charge in [0.1, 0.15) is 6.61 Å². The number of carboxylic acid groups (broad SMARTS) is 1. The van der Waals surface area contributed by atoms with E-state index in [0.717, 1.165) is 0 Å². The predicted octanol–water partition coefficient (Wildman–Crippen LogP) is -0.0675. The quantitative estimate of drug-likeness (QED) is 0.722. The van der Waals surface area contributed by atoms with Crippen molar-refractivity contribution in [2.75, 3.05) is 26.7 Å². The number of nitrogens with zero attached hydrogens (tertiary/aromatic N) is 1. The van der Waals surface area contributed by atoms with Gasteiger partial charge in [0, 0.05) is 26.2 Å². The predicted molar refractivity (Wildman–Crippen MR) is 66.3 cm³/mol. The van der Waals surface area contributed by atoms with Gasteiger partial charge in [-0.2, -0.15) is 0 Å². The molecule has 104 valence electrons. The summed E-state index contributed by atoms with van der Waals surface area (Å²) < 4.78 is 5.48. The van der Waals surface area contributed by atoms with Crippen LogP contribution in [0.2, 0.25) is 0 Å². The van der Waals surface area contributed by atoms with Crippen LogP contribution in [0.3, 0.4) is 0 Å². The van der Waals surface area contributed by atoms with Crippen molar-refractivity contribution < 1.29 is 19.4 Å². The largest absolute Gasteiger partial charge is 0.481 e. The topological polar surface area (TPSA) is 78.9 Å². The number of nitrogens with one attached hydrogen (secondary N) is 1. The highest BCUT2D eigenvalue weighted by Gasteiger charge is 2.27. The van der Waals surface area contributed by atoms with Gasteiger partial charge in [0.05, 0.1) is 12.0 Å². The number of hydrogen-bond donors (Lipinski definition) is 2. The molecule has 0 bridgehead atoms. The number of piperidine rings is 1. The van der Waals surface area contributed by atoms with Crippen molar-refractivity contribution >= 4 is 11.9 Å². The molecule has 1 fully saturated rings. The van der Waals surface area contributed by atoms with Gasteiger partial charge in [-0.15, -0.1) is 0 Å². The second-order valence-corrected chi connectivity index (χ2v) is 4.96. The lowest BCUT2D eigenvalue weighted by Crippen LogP contribution is -2.45. The number of amides is 1. The molecular weight excluding hydrogens is 236 g/mol. The number of ether oxygens (including phenoxy) is 1. The van der Waals surface area contributed by atoms with Crippen LogP contribution in [-0.2, 0) is 14.3 Å². The lowest BCUT2D eigenvalue weighted by molar-refractivity contribution is -0.145. The Morgan fingerprint density at radius 3 is 2.67 bits per heavy atom. The minimum Gasteiger partial charge on any atom is -0.481 e. The van der Waals surface area contributed by atoms with Crippen molar-refractivity contribution in [3.63, 3.8) is 0 Å². The normalized spacial score (nSPS) is 24.0. The van der Waals surface area contributed by atoms with Crippen molar-refractivity contribution in [2.45, 2.75) is 32.4 Å². The van der Waals surface area contributed by atoms with Crippen molar-refractivity contribution in [3.8, 4) is 0 Å². The van der Waals surface area contributed by atoms with Gasteiger partial charge in [0.2, 0.25) is 5.91 Å². The molecule has 0 aromatic heterocycles. The van der Waals surface area contributed by atoms with E-state index in [1.54, 1.807) is 11.9 Å². The van der Waals surface area contributed by atoms with Crippen LogP contribution < -0.4 is 5.32 Å². The summed E-state index contributed by atoms with van der Waals surface area (Å²) in [6.45, 7) is 4.94. The summed E-state index contributed by atoms with van der Waals surface area (Å²) in [6, 6.07) is 0.136. The first-order chi connectivity index (χ1) is 8.41. The molecule has 2 N–H and O–H groups in total. The minimum absolute atomic E-state index is 0.00731. The molecule has 2 unspecified atom stereocenters. The fraction of sp³-hybridized carbons (Fsp3) is 0.833. The van der Waals surface area contributed by atoms with Crippen LogP contribution in [0.25, 0.3) is 0 Å². The zero-order valence-corrected chi connectivity index (χ0v) is 11.2. The number of carbonyl (C=O) groups excluding carboxylic acids is 1. The van der Waals surface area contributed by atoms with Gasteiger partial charge < -0.3 is 20.1 Å². The third kappa shape index (κ3) is 4.27. The Morgan fingerprint density at radius 1 is 1.44 bits per heavy atom. The standard InChI is InChI=1S/C12H22N2O4/c1-8(2)14(3)11(15)7-18-10-4-9(12(16)17)5-13-6-10/h8-10,13H,4-7H2,1-3H3,(H,16,17). The highest BCUT2D eigenvalue weighted by molar-refractivity contribution is 5.77. The first-order valence-electron chi connectivity index (χ1n) is 6.22.